The minimum Gasteiger partial charge on any atom is -0.465 e. The number of ether oxygens (including phenoxy) is 1. The zero-order chi connectivity index (χ0) is 18.3. The van der Waals surface area contributed by atoms with Gasteiger partial charge in [-0.3, -0.25) is 0 Å². The number of halogens is 2. The summed E-state index contributed by atoms with van der Waals surface area (Å²) < 4.78 is 6.00. The fourth-order valence-electron chi connectivity index (χ4n) is 3.49. The van der Waals surface area contributed by atoms with Gasteiger partial charge in [0.2, 0.25) is 0 Å². The molecule has 1 rings (SSSR count). The first-order valence-corrected chi connectivity index (χ1v) is 12.2. The van der Waals surface area contributed by atoms with E-state index < -0.39 is 6.09 Å². The molecule has 0 bridgehead atoms. The molecule has 0 unspecified atom stereocenters. The van der Waals surface area contributed by atoms with Crippen LogP contribution < -0.4 is 0 Å². The average Bonchev–Trinajstić information content (AvgIpc) is 2.61. The minimum atomic E-state index is -0.753. The van der Waals surface area contributed by atoms with Gasteiger partial charge in [-0.05, 0) is 51.4 Å². The normalized spacial score (nSPS) is 20.6. The molecule has 0 aromatic heterocycles. The molecule has 6 heteroatoms. The fourth-order valence-corrected chi connectivity index (χ4v) is 4.28. The average molecular weight is 485 g/mol. The van der Waals surface area contributed by atoms with Crippen molar-refractivity contribution in [2.75, 3.05) is 23.8 Å². The summed E-state index contributed by atoms with van der Waals surface area (Å²) in [6, 6.07) is 0.187. The molecule has 4 nitrogen and oxygen atoms in total. The molecule has 148 valence electrons. The van der Waals surface area contributed by atoms with Gasteiger partial charge in [-0.2, -0.15) is 0 Å². The Kier molecular flexibility index (Phi) is 14.2. The Balaban J connectivity index is 2.17. The first-order valence-electron chi connectivity index (χ1n) is 9.92. The Morgan fingerprint density at radius 1 is 0.880 bits per heavy atom. The first kappa shape index (κ1) is 23.2. The maximum Gasteiger partial charge on any atom is 0.407 e. The number of hydrogen-bond donors (Lipinski definition) is 1. The molecule has 1 aliphatic rings. The molecule has 1 saturated carbocycles. The quantitative estimate of drug-likeness (QED) is 0.235. The van der Waals surface area contributed by atoms with Crippen LogP contribution in [-0.4, -0.2) is 52.1 Å². The van der Waals surface area contributed by atoms with Crippen LogP contribution >= 0.6 is 31.9 Å². The van der Waals surface area contributed by atoms with Crippen LogP contribution in [0, 0.1) is 0 Å². The summed E-state index contributed by atoms with van der Waals surface area (Å²) in [5, 5.41) is 11.7. The molecule has 0 aromatic rings. The van der Waals surface area contributed by atoms with Gasteiger partial charge in [0.25, 0.3) is 0 Å². The van der Waals surface area contributed by atoms with Crippen molar-refractivity contribution in [2.45, 2.75) is 89.2 Å². The Hall–Kier alpha value is 0.190. The molecular formula is C19H35Br2NO3. The summed E-state index contributed by atoms with van der Waals surface area (Å²) in [7, 11) is 0. The molecule has 0 aliphatic heterocycles. The van der Waals surface area contributed by atoms with Crippen LogP contribution in [0.1, 0.15) is 77.0 Å². The van der Waals surface area contributed by atoms with Gasteiger partial charge < -0.3 is 14.7 Å². The highest BCUT2D eigenvalue weighted by Gasteiger charge is 2.28. The fraction of sp³-hybridized carbons (Fsp3) is 0.947. The molecule has 0 atom stereocenters. The lowest BCUT2D eigenvalue weighted by Crippen LogP contribution is -2.43. The van der Waals surface area contributed by atoms with E-state index in [1.54, 1.807) is 4.90 Å². The van der Waals surface area contributed by atoms with Crippen LogP contribution in [0.3, 0.4) is 0 Å². The molecule has 0 radical (unpaired) electrons. The second kappa shape index (κ2) is 15.3. The van der Waals surface area contributed by atoms with E-state index in [1.807, 2.05) is 0 Å². The second-order valence-corrected chi connectivity index (χ2v) is 8.57. The van der Waals surface area contributed by atoms with Crippen molar-refractivity contribution in [1.82, 2.24) is 4.90 Å². The third-order valence-corrected chi connectivity index (χ3v) is 6.12. The van der Waals surface area contributed by atoms with Gasteiger partial charge in [0.05, 0.1) is 6.10 Å². The van der Waals surface area contributed by atoms with E-state index in [0.29, 0.717) is 12.6 Å². The lowest BCUT2D eigenvalue weighted by molar-refractivity contribution is 0.00689. The minimum absolute atomic E-state index is 0.187. The Bertz CT molecular complexity index is 337. The van der Waals surface area contributed by atoms with Crippen LogP contribution in [0.2, 0.25) is 0 Å². The standard InChI is InChI=1S/C19H35Br2NO3/c20-13-5-1-3-7-15-22(19(23)24)17-9-11-18(12-10-17)25-16-8-4-2-6-14-21/h17-18H,1-16H2,(H,23,24). The van der Waals surface area contributed by atoms with Crippen molar-refractivity contribution in [3.63, 3.8) is 0 Å². The van der Waals surface area contributed by atoms with Crippen molar-refractivity contribution in [1.29, 1.82) is 0 Å². The molecule has 0 spiro atoms. The van der Waals surface area contributed by atoms with Gasteiger partial charge in [-0.15, -0.1) is 0 Å². The third kappa shape index (κ3) is 10.8. The number of carbonyl (C=O) groups is 1. The van der Waals surface area contributed by atoms with Gasteiger partial charge in [0, 0.05) is 29.9 Å². The number of rotatable bonds is 14. The predicted octanol–water partition coefficient (Wildman–Crippen LogP) is 6.20. The van der Waals surface area contributed by atoms with Crippen LogP contribution in [0.4, 0.5) is 4.79 Å². The highest BCUT2D eigenvalue weighted by Crippen LogP contribution is 2.26. The molecular weight excluding hydrogens is 450 g/mol. The number of carboxylic acid groups (broad SMARTS) is 1. The maximum atomic E-state index is 11.6. The van der Waals surface area contributed by atoms with Crippen LogP contribution in [0.25, 0.3) is 0 Å². The topological polar surface area (TPSA) is 49.8 Å². The van der Waals surface area contributed by atoms with E-state index >= 15 is 0 Å². The summed E-state index contributed by atoms with van der Waals surface area (Å²) >= 11 is 6.89. The van der Waals surface area contributed by atoms with E-state index in [2.05, 4.69) is 31.9 Å². The first-order chi connectivity index (χ1) is 12.2. The third-order valence-electron chi connectivity index (χ3n) is 4.99. The molecule has 0 aromatic carbocycles. The summed E-state index contributed by atoms with van der Waals surface area (Å²) in [4.78, 5) is 13.3. The van der Waals surface area contributed by atoms with Crippen molar-refractivity contribution in [2.24, 2.45) is 0 Å². The molecule has 1 fully saturated rings. The van der Waals surface area contributed by atoms with Gasteiger partial charge in [0.1, 0.15) is 0 Å². The molecule has 1 amide bonds. The lowest BCUT2D eigenvalue weighted by atomic mass is 9.91. The highest BCUT2D eigenvalue weighted by atomic mass is 79.9. The van der Waals surface area contributed by atoms with Crippen LogP contribution in [0.5, 0.6) is 0 Å². The van der Waals surface area contributed by atoms with Crippen molar-refractivity contribution < 1.29 is 14.6 Å². The smallest absolute Gasteiger partial charge is 0.407 e. The number of unbranched alkanes of at least 4 members (excludes halogenated alkanes) is 6. The molecule has 25 heavy (non-hydrogen) atoms. The number of alkyl halides is 2. The van der Waals surface area contributed by atoms with E-state index in [0.717, 1.165) is 62.2 Å². The zero-order valence-electron chi connectivity index (χ0n) is 15.4. The van der Waals surface area contributed by atoms with E-state index in [9.17, 15) is 9.90 Å². The van der Waals surface area contributed by atoms with Gasteiger partial charge >= 0.3 is 6.09 Å². The van der Waals surface area contributed by atoms with Crippen LogP contribution in [-0.2, 0) is 4.74 Å². The molecule has 0 heterocycles. The maximum absolute atomic E-state index is 11.6. The van der Waals surface area contributed by atoms with Crippen molar-refractivity contribution in [3.8, 4) is 0 Å². The van der Waals surface area contributed by atoms with Crippen molar-refractivity contribution >= 4 is 38.0 Å². The lowest BCUT2D eigenvalue weighted by Gasteiger charge is -2.35. The summed E-state index contributed by atoms with van der Waals surface area (Å²) in [6.07, 6.45) is 12.8. The molecule has 0 saturated heterocycles. The van der Waals surface area contributed by atoms with Gasteiger partial charge in [-0.1, -0.05) is 57.5 Å². The summed E-state index contributed by atoms with van der Waals surface area (Å²) in [5.74, 6) is 0. The van der Waals surface area contributed by atoms with E-state index in [4.69, 9.17) is 4.74 Å². The number of hydrogen-bond acceptors (Lipinski definition) is 2. The Morgan fingerprint density at radius 2 is 1.44 bits per heavy atom. The predicted molar refractivity (Wildman–Crippen MR) is 111 cm³/mol. The van der Waals surface area contributed by atoms with Gasteiger partial charge in [-0.25, -0.2) is 4.79 Å². The van der Waals surface area contributed by atoms with Crippen LogP contribution in [0.15, 0.2) is 0 Å². The highest BCUT2D eigenvalue weighted by molar-refractivity contribution is 9.09. The largest absolute Gasteiger partial charge is 0.465 e. The summed E-state index contributed by atoms with van der Waals surface area (Å²) in [6.45, 7) is 1.54. The SMILES string of the molecule is O=C(O)N(CCCCCCBr)C1CCC(OCCCCCCBr)CC1. The van der Waals surface area contributed by atoms with Gasteiger partial charge in [0.15, 0.2) is 0 Å². The van der Waals surface area contributed by atoms with E-state index in [-0.39, 0.29) is 6.04 Å². The Labute approximate surface area is 170 Å². The molecule has 1 aliphatic carbocycles. The monoisotopic (exact) mass is 483 g/mol. The van der Waals surface area contributed by atoms with E-state index in [1.165, 1.54) is 32.1 Å². The second-order valence-electron chi connectivity index (χ2n) is 6.98. The van der Waals surface area contributed by atoms with Crippen molar-refractivity contribution in [3.05, 3.63) is 0 Å². The number of nitrogens with zero attached hydrogens (tertiary/aromatic N) is 1. The molecule has 1 N–H and O–H groups in total. The number of amides is 1. The Morgan fingerprint density at radius 3 is 2.00 bits per heavy atom. The zero-order valence-corrected chi connectivity index (χ0v) is 18.6. The summed E-state index contributed by atoms with van der Waals surface area (Å²) in [5.41, 5.74) is 0.